The van der Waals surface area contributed by atoms with Crippen LogP contribution in [0, 0.1) is 0 Å². The van der Waals surface area contributed by atoms with Crippen molar-refractivity contribution in [3.05, 3.63) is 25.3 Å². The predicted octanol–water partition coefficient (Wildman–Crippen LogP) is 1.12. The molecule has 0 atom stereocenters. The molecule has 0 bridgehead atoms. The lowest BCUT2D eigenvalue weighted by atomic mass is 10.7. The molecule has 0 heterocycles. The Morgan fingerprint density at radius 1 is 1.00 bits per heavy atom. The first-order chi connectivity index (χ1) is 7.20. The summed E-state index contributed by atoms with van der Waals surface area (Å²) in [7, 11) is 0.198. The predicted molar refractivity (Wildman–Crippen MR) is 60.4 cm³/mol. The number of esters is 2. The summed E-state index contributed by atoms with van der Waals surface area (Å²) in [5, 5.41) is 0. The van der Waals surface area contributed by atoms with Gasteiger partial charge >= 0.3 is 11.9 Å². The van der Waals surface area contributed by atoms with Crippen molar-refractivity contribution in [3.8, 4) is 0 Å². The second-order valence-electron chi connectivity index (χ2n) is 2.55. The fourth-order valence-corrected chi connectivity index (χ4v) is 1.41. The molecule has 0 aromatic carbocycles. The van der Waals surface area contributed by atoms with E-state index in [1.54, 1.807) is 0 Å². The molecular formula is C10H15O4P. The molecule has 84 valence electrons. The van der Waals surface area contributed by atoms with Crippen molar-refractivity contribution in [1.29, 1.82) is 0 Å². The fourth-order valence-electron chi connectivity index (χ4n) is 0.672. The molecule has 0 saturated heterocycles. The molecule has 5 heteroatoms. The highest BCUT2D eigenvalue weighted by Crippen LogP contribution is 2.09. The number of carbonyl (C=O) groups is 2. The summed E-state index contributed by atoms with van der Waals surface area (Å²) >= 11 is 0. The van der Waals surface area contributed by atoms with Crippen LogP contribution in [0.1, 0.15) is 0 Å². The van der Waals surface area contributed by atoms with Crippen molar-refractivity contribution in [2.75, 3.05) is 25.5 Å². The van der Waals surface area contributed by atoms with E-state index in [0.717, 1.165) is 0 Å². The van der Waals surface area contributed by atoms with Gasteiger partial charge in [-0.15, -0.1) is 0 Å². The molecular weight excluding hydrogens is 215 g/mol. The Balaban J connectivity index is 3.43. The molecule has 0 amide bonds. The van der Waals surface area contributed by atoms with E-state index in [4.69, 9.17) is 9.47 Å². The quantitative estimate of drug-likeness (QED) is 0.356. The minimum atomic E-state index is -0.315. The smallest absolute Gasteiger partial charge is 0.310 e. The largest absolute Gasteiger partial charge is 0.461 e. The van der Waals surface area contributed by atoms with Gasteiger partial charge < -0.3 is 9.47 Å². The molecule has 0 unspecified atom stereocenters. The first kappa shape index (κ1) is 13.8. The van der Waals surface area contributed by atoms with Crippen LogP contribution in [-0.2, 0) is 19.1 Å². The molecule has 0 spiro atoms. The lowest BCUT2D eigenvalue weighted by molar-refractivity contribution is -0.139. The average Bonchev–Trinajstić information content (AvgIpc) is 2.23. The summed E-state index contributed by atoms with van der Waals surface area (Å²) in [4.78, 5) is 21.9. The van der Waals surface area contributed by atoms with E-state index in [9.17, 15) is 9.59 Å². The summed E-state index contributed by atoms with van der Waals surface area (Å²) in [6.45, 7) is 7.26. The van der Waals surface area contributed by atoms with Crippen molar-refractivity contribution >= 4 is 20.5 Å². The number of hydrogen-bond acceptors (Lipinski definition) is 4. The number of hydrogen-bond donors (Lipinski definition) is 0. The summed E-state index contributed by atoms with van der Waals surface area (Å²) < 4.78 is 9.47. The van der Waals surface area contributed by atoms with E-state index < -0.39 is 0 Å². The van der Waals surface area contributed by atoms with Crippen LogP contribution in [0.5, 0.6) is 0 Å². The van der Waals surface area contributed by atoms with Crippen LogP contribution in [0.3, 0.4) is 0 Å². The zero-order valence-corrected chi connectivity index (χ0v) is 9.53. The molecule has 0 aromatic rings. The van der Waals surface area contributed by atoms with Gasteiger partial charge in [0, 0.05) is 0 Å². The summed E-state index contributed by atoms with van der Waals surface area (Å²) in [6.07, 6.45) is 3.49. The molecule has 4 nitrogen and oxygen atoms in total. The van der Waals surface area contributed by atoms with E-state index in [1.807, 2.05) is 0 Å². The minimum absolute atomic E-state index is 0.198. The highest BCUT2D eigenvalue weighted by Gasteiger charge is 2.05. The molecule has 15 heavy (non-hydrogen) atoms. The lowest BCUT2D eigenvalue weighted by Crippen LogP contribution is -2.10. The Kier molecular flexibility index (Phi) is 8.69. The second-order valence-corrected chi connectivity index (χ2v) is 3.75. The highest BCUT2D eigenvalue weighted by molar-refractivity contribution is 7.40. The fraction of sp³-hybridized carbons (Fsp3) is 0.400. The maximum Gasteiger partial charge on any atom is 0.310 e. The van der Waals surface area contributed by atoms with Gasteiger partial charge in [0.2, 0.25) is 0 Å². The van der Waals surface area contributed by atoms with E-state index >= 15 is 0 Å². The lowest BCUT2D eigenvalue weighted by Gasteiger charge is -2.02. The summed E-state index contributed by atoms with van der Waals surface area (Å²) in [5.41, 5.74) is 0. The highest BCUT2D eigenvalue weighted by atomic mass is 31.1. The van der Waals surface area contributed by atoms with Crippen LogP contribution < -0.4 is 0 Å². The van der Waals surface area contributed by atoms with Crippen LogP contribution in [0.25, 0.3) is 0 Å². The zero-order valence-electron chi connectivity index (χ0n) is 8.53. The standard InChI is InChI=1S/C10H15O4P/c1-3-5-13-9(11)7-15-8-10(12)14-6-4-2/h3-4,15H,1-2,5-8H2. The molecule has 0 radical (unpaired) electrons. The van der Waals surface area contributed by atoms with Crippen molar-refractivity contribution < 1.29 is 19.1 Å². The van der Waals surface area contributed by atoms with Crippen LogP contribution in [0.4, 0.5) is 0 Å². The van der Waals surface area contributed by atoms with Crippen LogP contribution in [-0.4, -0.2) is 37.5 Å². The Hall–Kier alpha value is -1.15. The first-order valence-corrected chi connectivity index (χ1v) is 5.86. The third-order valence-corrected chi connectivity index (χ3v) is 2.34. The molecule has 0 rings (SSSR count). The Bertz CT molecular complexity index is 214. The van der Waals surface area contributed by atoms with E-state index in [-0.39, 0.29) is 46.1 Å². The maximum absolute atomic E-state index is 11.0. The van der Waals surface area contributed by atoms with Crippen LogP contribution >= 0.6 is 8.58 Å². The summed E-state index contributed by atoms with van der Waals surface area (Å²) in [5.74, 6) is -0.630. The van der Waals surface area contributed by atoms with Crippen molar-refractivity contribution in [1.82, 2.24) is 0 Å². The SMILES string of the molecule is C=CCOC(=O)CPCC(=O)OCC=C. The first-order valence-electron chi connectivity index (χ1n) is 4.44. The molecule has 0 N–H and O–H groups in total. The normalized spacial score (nSPS) is 9.07. The van der Waals surface area contributed by atoms with Gasteiger partial charge in [-0.2, -0.15) is 0 Å². The van der Waals surface area contributed by atoms with E-state index in [1.165, 1.54) is 12.2 Å². The Morgan fingerprint density at radius 2 is 1.40 bits per heavy atom. The summed E-state index contributed by atoms with van der Waals surface area (Å²) in [6, 6.07) is 0. The maximum atomic E-state index is 11.0. The van der Waals surface area contributed by atoms with Gasteiger partial charge in [0.05, 0.1) is 12.3 Å². The minimum Gasteiger partial charge on any atom is -0.461 e. The second kappa shape index (κ2) is 9.41. The molecule has 0 aliphatic heterocycles. The zero-order chi connectivity index (χ0) is 11.5. The van der Waals surface area contributed by atoms with Crippen molar-refractivity contribution in [3.63, 3.8) is 0 Å². The molecule has 0 aliphatic rings. The molecule has 0 aliphatic carbocycles. The third kappa shape index (κ3) is 9.16. The van der Waals surface area contributed by atoms with Gasteiger partial charge in [-0.3, -0.25) is 9.59 Å². The Morgan fingerprint density at radius 3 is 1.73 bits per heavy atom. The molecule has 0 fully saturated rings. The van der Waals surface area contributed by atoms with E-state index in [2.05, 4.69) is 13.2 Å². The Labute approximate surface area is 91.1 Å². The van der Waals surface area contributed by atoms with Gasteiger partial charge in [0.15, 0.2) is 0 Å². The van der Waals surface area contributed by atoms with Crippen molar-refractivity contribution in [2.45, 2.75) is 0 Å². The average molecular weight is 230 g/mol. The molecule has 0 aromatic heterocycles. The molecule has 0 saturated carbocycles. The van der Waals surface area contributed by atoms with Crippen molar-refractivity contribution in [2.24, 2.45) is 0 Å². The third-order valence-electron chi connectivity index (χ3n) is 1.26. The number of rotatable bonds is 8. The van der Waals surface area contributed by atoms with Gasteiger partial charge in [-0.05, 0) is 0 Å². The van der Waals surface area contributed by atoms with Gasteiger partial charge in [-0.1, -0.05) is 33.9 Å². The van der Waals surface area contributed by atoms with Crippen LogP contribution in [0.2, 0.25) is 0 Å². The number of ether oxygens (including phenoxy) is 2. The van der Waals surface area contributed by atoms with Gasteiger partial charge in [0.25, 0.3) is 0 Å². The van der Waals surface area contributed by atoms with Crippen LogP contribution in [0.15, 0.2) is 25.3 Å². The monoisotopic (exact) mass is 230 g/mol. The topological polar surface area (TPSA) is 52.6 Å². The van der Waals surface area contributed by atoms with E-state index in [0.29, 0.717) is 0 Å². The van der Waals surface area contributed by atoms with Gasteiger partial charge in [-0.25, -0.2) is 0 Å². The number of carbonyl (C=O) groups excluding carboxylic acids is 2. The van der Waals surface area contributed by atoms with Gasteiger partial charge in [0.1, 0.15) is 13.2 Å².